The third kappa shape index (κ3) is 3.05. The minimum absolute atomic E-state index is 0.430. The summed E-state index contributed by atoms with van der Waals surface area (Å²) in [5, 5.41) is 5.66. The number of hydrogen-bond donors (Lipinski definition) is 1. The minimum Gasteiger partial charge on any atom is -0.310 e. The van der Waals surface area contributed by atoms with Crippen molar-refractivity contribution < 1.29 is 0 Å². The molecule has 0 aliphatic rings. The Hall–Kier alpha value is -0.930. The van der Waals surface area contributed by atoms with Crippen LogP contribution in [0.1, 0.15) is 38.8 Å². The average Bonchev–Trinajstić information content (AvgIpc) is 2.74. The van der Waals surface area contributed by atoms with E-state index in [2.05, 4.69) is 48.6 Å². The molecule has 0 aliphatic carbocycles. The van der Waals surface area contributed by atoms with E-state index in [1.54, 1.807) is 11.3 Å². The Labute approximate surface area is 107 Å². The molecule has 0 bridgehead atoms. The van der Waals surface area contributed by atoms with Crippen LogP contribution in [0, 0.1) is 5.92 Å². The fourth-order valence-corrected chi connectivity index (χ4v) is 2.90. The fraction of sp³-hybridized carbons (Fsp3) is 0.500. The van der Waals surface area contributed by atoms with Crippen LogP contribution in [0.3, 0.4) is 0 Å². The van der Waals surface area contributed by atoms with Gasteiger partial charge in [0.1, 0.15) is 0 Å². The van der Waals surface area contributed by atoms with Crippen molar-refractivity contribution in [2.75, 3.05) is 6.54 Å². The molecule has 1 atom stereocenters. The van der Waals surface area contributed by atoms with Crippen LogP contribution in [-0.2, 0) is 0 Å². The number of nitrogens with zero attached hydrogens (tertiary/aromatic N) is 1. The van der Waals surface area contributed by atoms with E-state index in [4.69, 9.17) is 0 Å². The van der Waals surface area contributed by atoms with Crippen molar-refractivity contribution in [1.82, 2.24) is 10.3 Å². The molecule has 0 radical (unpaired) electrons. The number of thiophene rings is 1. The lowest BCUT2D eigenvalue weighted by Crippen LogP contribution is -2.22. The number of pyridine rings is 1. The van der Waals surface area contributed by atoms with E-state index in [0.29, 0.717) is 12.0 Å². The van der Waals surface area contributed by atoms with Gasteiger partial charge in [-0.1, -0.05) is 20.8 Å². The van der Waals surface area contributed by atoms with Gasteiger partial charge >= 0.3 is 0 Å². The van der Waals surface area contributed by atoms with Gasteiger partial charge in [-0.25, -0.2) is 0 Å². The number of rotatable bonds is 5. The summed E-state index contributed by atoms with van der Waals surface area (Å²) >= 11 is 1.77. The van der Waals surface area contributed by atoms with Gasteiger partial charge in [0.15, 0.2) is 0 Å². The first-order chi connectivity index (χ1) is 8.20. The summed E-state index contributed by atoms with van der Waals surface area (Å²) in [6.45, 7) is 7.69. The maximum Gasteiger partial charge on any atom is 0.0809 e. The molecule has 0 saturated heterocycles. The van der Waals surface area contributed by atoms with E-state index >= 15 is 0 Å². The van der Waals surface area contributed by atoms with Gasteiger partial charge in [0.25, 0.3) is 0 Å². The molecule has 0 spiro atoms. The van der Waals surface area contributed by atoms with Crippen LogP contribution in [0.25, 0.3) is 10.2 Å². The van der Waals surface area contributed by atoms with E-state index in [-0.39, 0.29) is 0 Å². The smallest absolute Gasteiger partial charge is 0.0809 e. The Morgan fingerprint density at radius 2 is 2.24 bits per heavy atom. The van der Waals surface area contributed by atoms with Gasteiger partial charge in [0, 0.05) is 12.2 Å². The van der Waals surface area contributed by atoms with Crippen molar-refractivity contribution in [1.29, 1.82) is 0 Å². The zero-order chi connectivity index (χ0) is 12.3. The first-order valence-electron chi connectivity index (χ1n) is 6.27. The Balaban J connectivity index is 2.26. The van der Waals surface area contributed by atoms with Crippen molar-refractivity contribution >= 4 is 21.6 Å². The largest absolute Gasteiger partial charge is 0.310 e. The first-order valence-corrected chi connectivity index (χ1v) is 7.15. The second-order valence-electron chi connectivity index (χ2n) is 4.81. The van der Waals surface area contributed by atoms with Gasteiger partial charge < -0.3 is 5.32 Å². The third-order valence-corrected chi connectivity index (χ3v) is 3.74. The Kier molecular flexibility index (Phi) is 4.13. The summed E-state index contributed by atoms with van der Waals surface area (Å²) in [6.07, 6.45) is 3.18. The van der Waals surface area contributed by atoms with Crippen LogP contribution >= 0.6 is 11.3 Å². The highest BCUT2D eigenvalue weighted by atomic mass is 32.1. The molecule has 2 nitrogen and oxygen atoms in total. The molecule has 1 unspecified atom stereocenters. The lowest BCUT2D eigenvalue weighted by Gasteiger charge is -2.20. The number of nitrogens with one attached hydrogen (secondary N) is 1. The van der Waals surface area contributed by atoms with Gasteiger partial charge in [-0.2, -0.15) is 0 Å². The molecule has 0 aromatic carbocycles. The molecular formula is C14H20N2S. The highest BCUT2D eigenvalue weighted by Crippen LogP contribution is 2.26. The van der Waals surface area contributed by atoms with Crippen LogP contribution in [0.2, 0.25) is 0 Å². The van der Waals surface area contributed by atoms with Crippen LogP contribution in [-0.4, -0.2) is 11.5 Å². The van der Waals surface area contributed by atoms with Gasteiger partial charge in [-0.15, -0.1) is 11.3 Å². The van der Waals surface area contributed by atoms with Gasteiger partial charge in [0.05, 0.1) is 10.2 Å². The molecule has 2 heterocycles. The van der Waals surface area contributed by atoms with Crippen molar-refractivity contribution in [3.05, 3.63) is 29.3 Å². The zero-order valence-corrected chi connectivity index (χ0v) is 11.6. The van der Waals surface area contributed by atoms with E-state index < -0.39 is 0 Å². The van der Waals surface area contributed by atoms with Gasteiger partial charge in [-0.05, 0) is 42.0 Å². The molecule has 1 N–H and O–H groups in total. The predicted octanol–water partition coefficient (Wildman–Crippen LogP) is 3.99. The second-order valence-corrected chi connectivity index (χ2v) is 5.76. The van der Waals surface area contributed by atoms with Crippen LogP contribution in [0.4, 0.5) is 0 Å². The molecule has 0 aliphatic heterocycles. The summed E-state index contributed by atoms with van der Waals surface area (Å²) in [6, 6.07) is 4.79. The van der Waals surface area contributed by atoms with Crippen molar-refractivity contribution in [3.8, 4) is 0 Å². The van der Waals surface area contributed by atoms with Crippen molar-refractivity contribution in [2.45, 2.75) is 33.2 Å². The molecule has 3 heteroatoms. The summed E-state index contributed by atoms with van der Waals surface area (Å²) in [5.74, 6) is 0.693. The molecule has 2 aromatic heterocycles. The van der Waals surface area contributed by atoms with Crippen LogP contribution in [0.15, 0.2) is 23.7 Å². The van der Waals surface area contributed by atoms with E-state index in [0.717, 1.165) is 18.5 Å². The lowest BCUT2D eigenvalue weighted by atomic mass is 9.98. The van der Waals surface area contributed by atoms with Gasteiger partial charge in [-0.3, -0.25) is 4.98 Å². The number of fused-ring (bicyclic) bond motifs is 1. The normalized spacial score (nSPS) is 13.4. The first kappa shape index (κ1) is 12.5. The minimum atomic E-state index is 0.430. The van der Waals surface area contributed by atoms with E-state index in [1.165, 1.54) is 10.3 Å². The highest BCUT2D eigenvalue weighted by molar-refractivity contribution is 7.17. The quantitative estimate of drug-likeness (QED) is 0.865. The highest BCUT2D eigenvalue weighted by Gasteiger charge is 2.13. The summed E-state index contributed by atoms with van der Waals surface area (Å²) in [4.78, 5) is 4.52. The molecule has 0 amide bonds. The maximum atomic E-state index is 4.52. The monoisotopic (exact) mass is 248 g/mol. The number of aromatic nitrogens is 1. The fourth-order valence-electron chi connectivity index (χ4n) is 2.11. The molecule has 2 aromatic rings. The Morgan fingerprint density at radius 1 is 1.41 bits per heavy atom. The topological polar surface area (TPSA) is 24.9 Å². The van der Waals surface area contributed by atoms with Gasteiger partial charge in [0.2, 0.25) is 0 Å². The summed E-state index contributed by atoms with van der Waals surface area (Å²) in [5.41, 5.74) is 2.43. The molecule has 0 fully saturated rings. The van der Waals surface area contributed by atoms with E-state index in [1.807, 2.05) is 6.20 Å². The molecular weight excluding hydrogens is 228 g/mol. The summed E-state index contributed by atoms with van der Waals surface area (Å²) < 4.78 is 1.29. The van der Waals surface area contributed by atoms with Crippen molar-refractivity contribution in [2.24, 2.45) is 5.92 Å². The SMILES string of the molecule is CCNC(CC(C)C)c1cnc2ccsc2c1. The Bertz CT molecular complexity index is 476. The molecule has 92 valence electrons. The van der Waals surface area contributed by atoms with Crippen molar-refractivity contribution in [3.63, 3.8) is 0 Å². The van der Waals surface area contributed by atoms with Crippen LogP contribution in [0.5, 0.6) is 0 Å². The Morgan fingerprint density at radius 3 is 2.94 bits per heavy atom. The molecule has 0 saturated carbocycles. The number of hydrogen-bond acceptors (Lipinski definition) is 3. The molecule has 2 rings (SSSR count). The molecule has 17 heavy (non-hydrogen) atoms. The standard InChI is InChI=1S/C14H20N2S/c1-4-15-13(7-10(2)3)11-8-14-12(16-9-11)5-6-17-14/h5-6,8-10,13,15H,4,7H2,1-3H3. The predicted molar refractivity (Wildman–Crippen MR) is 75.5 cm³/mol. The second kappa shape index (κ2) is 5.61. The lowest BCUT2D eigenvalue weighted by molar-refractivity contribution is 0.438. The average molecular weight is 248 g/mol. The third-order valence-electron chi connectivity index (χ3n) is 2.88. The maximum absolute atomic E-state index is 4.52. The van der Waals surface area contributed by atoms with Crippen LogP contribution < -0.4 is 5.32 Å². The summed E-state index contributed by atoms with van der Waals surface area (Å²) in [7, 11) is 0. The zero-order valence-electron chi connectivity index (χ0n) is 10.7. The van der Waals surface area contributed by atoms with E-state index in [9.17, 15) is 0 Å².